The highest BCUT2D eigenvalue weighted by atomic mass is 32.1. The molecular weight excluding hydrogens is 154 g/mol. The first-order valence-corrected chi connectivity index (χ1v) is 3.92. The minimum atomic E-state index is 0.781. The van der Waals surface area contributed by atoms with Crippen molar-refractivity contribution in [3.8, 4) is 0 Å². The lowest BCUT2D eigenvalue weighted by atomic mass is 10.0. The lowest BCUT2D eigenvalue weighted by Gasteiger charge is -2.08. The molecule has 1 aliphatic rings. The summed E-state index contributed by atoms with van der Waals surface area (Å²) in [6, 6.07) is 8.19. The molecule has 0 radical (unpaired) electrons. The number of fused-ring (bicyclic) bond motifs is 1. The van der Waals surface area contributed by atoms with E-state index in [1.54, 1.807) is 0 Å². The van der Waals surface area contributed by atoms with E-state index in [1.165, 1.54) is 11.1 Å². The normalized spacial score (nSPS) is 14.7. The molecule has 1 heterocycles. The summed E-state index contributed by atoms with van der Waals surface area (Å²) in [7, 11) is 0. The van der Waals surface area contributed by atoms with Crippen LogP contribution < -0.4 is 0 Å². The average molecular weight is 161 g/mol. The molecule has 11 heavy (non-hydrogen) atoms. The van der Waals surface area contributed by atoms with Gasteiger partial charge in [0.15, 0.2) is 0 Å². The summed E-state index contributed by atoms with van der Waals surface area (Å²) in [6.45, 7) is 0. The van der Waals surface area contributed by atoms with Crippen LogP contribution in [0.5, 0.6) is 0 Å². The molecule has 0 aliphatic carbocycles. The minimum Gasteiger partial charge on any atom is -0.249 e. The first-order valence-electron chi connectivity index (χ1n) is 3.51. The molecule has 1 aromatic carbocycles. The monoisotopic (exact) mass is 161 g/mol. The molecule has 0 unspecified atom stereocenters. The Labute approximate surface area is 70.8 Å². The molecule has 2 rings (SSSR count). The third-order valence-electron chi connectivity index (χ3n) is 1.74. The molecule has 0 bridgehead atoms. The minimum absolute atomic E-state index is 0.781. The van der Waals surface area contributed by atoms with Gasteiger partial charge in [0.2, 0.25) is 0 Å². The molecule has 54 valence electrons. The Kier molecular flexibility index (Phi) is 1.55. The molecule has 1 nitrogen and oxygen atoms in total. The third kappa shape index (κ3) is 1.21. The molecule has 1 aliphatic heterocycles. The molecule has 0 spiro atoms. The Morgan fingerprint density at radius 2 is 2.09 bits per heavy atom. The van der Waals surface area contributed by atoms with Gasteiger partial charge in [0.25, 0.3) is 0 Å². The van der Waals surface area contributed by atoms with Crippen LogP contribution in [0.15, 0.2) is 29.3 Å². The number of nitrogens with zero attached hydrogens (tertiary/aromatic N) is 1. The molecule has 0 saturated carbocycles. The zero-order valence-electron chi connectivity index (χ0n) is 5.95. The second kappa shape index (κ2) is 2.55. The molecule has 0 aromatic heterocycles. The first-order chi connectivity index (χ1) is 5.36. The van der Waals surface area contributed by atoms with Crippen LogP contribution >= 0.6 is 12.2 Å². The van der Waals surface area contributed by atoms with Gasteiger partial charge in [0, 0.05) is 12.6 Å². The standard InChI is InChI=1S/C9H7NS/c11-9-5-7-3-1-2-4-8(7)6-10-9/h1-4,6H,5H2. The summed E-state index contributed by atoms with van der Waals surface area (Å²) >= 11 is 4.98. The first kappa shape index (κ1) is 6.68. The number of hydrogen-bond donors (Lipinski definition) is 0. The highest BCUT2D eigenvalue weighted by molar-refractivity contribution is 7.80. The van der Waals surface area contributed by atoms with Crippen LogP contribution in [0.1, 0.15) is 11.1 Å². The Morgan fingerprint density at radius 3 is 3.00 bits per heavy atom. The smallest absolute Gasteiger partial charge is 0.107 e. The predicted octanol–water partition coefficient (Wildman–Crippen LogP) is 1.99. The third-order valence-corrected chi connectivity index (χ3v) is 1.99. The van der Waals surface area contributed by atoms with Crippen LogP contribution in [-0.4, -0.2) is 11.2 Å². The number of hydrogen-bond acceptors (Lipinski definition) is 1. The topological polar surface area (TPSA) is 12.4 Å². The maximum atomic E-state index is 4.98. The van der Waals surface area contributed by atoms with E-state index in [2.05, 4.69) is 17.1 Å². The van der Waals surface area contributed by atoms with E-state index in [4.69, 9.17) is 12.2 Å². The lowest BCUT2D eigenvalue weighted by Crippen LogP contribution is -2.06. The van der Waals surface area contributed by atoms with Crippen LogP contribution in [0.25, 0.3) is 0 Å². The van der Waals surface area contributed by atoms with E-state index in [0.717, 1.165) is 11.4 Å². The fourth-order valence-electron chi connectivity index (χ4n) is 1.17. The summed E-state index contributed by atoms with van der Waals surface area (Å²) in [5.74, 6) is 0. The van der Waals surface area contributed by atoms with Gasteiger partial charge in [-0.2, -0.15) is 0 Å². The van der Waals surface area contributed by atoms with Crippen LogP contribution in [0, 0.1) is 0 Å². The van der Waals surface area contributed by atoms with Gasteiger partial charge in [-0.05, 0) is 11.1 Å². The lowest BCUT2D eigenvalue weighted by molar-refractivity contribution is 1.29. The van der Waals surface area contributed by atoms with E-state index in [0.29, 0.717) is 0 Å². The largest absolute Gasteiger partial charge is 0.249 e. The van der Waals surface area contributed by atoms with Gasteiger partial charge in [0.05, 0.1) is 0 Å². The highest BCUT2D eigenvalue weighted by Gasteiger charge is 2.06. The van der Waals surface area contributed by atoms with Gasteiger partial charge in [-0.25, -0.2) is 4.99 Å². The van der Waals surface area contributed by atoms with Crippen LogP contribution in [-0.2, 0) is 6.42 Å². The Morgan fingerprint density at radius 1 is 1.27 bits per heavy atom. The van der Waals surface area contributed by atoms with Gasteiger partial charge >= 0.3 is 0 Å². The van der Waals surface area contributed by atoms with Crippen molar-refractivity contribution >= 4 is 23.4 Å². The van der Waals surface area contributed by atoms with E-state index < -0.39 is 0 Å². The van der Waals surface area contributed by atoms with Crippen LogP contribution in [0.3, 0.4) is 0 Å². The summed E-state index contributed by atoms with van der Waals surface area (Å²) in [5.41, 5.74) is 2.48. The van der Waals surface area contributed by atoms with Crippen molar-refractivity contribution in [3.63, 3.8) is 0 Å². The zero-order chi connectivity index (χ0) is 7.68. The summed E-state index contributed by atoms with van der Waals surface area (Å²) in [5, 5.41) is 0. The number of rotatable bonds is 0. The molecular formula is C9H7NS. The SMILES string of the molecule is S=C1Cc2ccccc2C=N1. The summed E-state index contributed by atoms with van der Waals surface area (Å²) in [4.78, 5) is 4.86. The van der Waals surface area contributed by atoms with Gasteiger partial charge in [-0.3, -0.25) is 0 Å². The Hall–Kier alpha value is -1.02. The van der Waals surface area contributed by atoms with E-state index in [9.17, 15) is 0 Å². The molecule has 0 N–H and O–H groups in total. The summed E-state index contributed by atoms with van der Waals surface area (Å²) < 4.78 is 0. The van der Waals surface area contributed by atoms with Crippen molar-refractivity contribution in [2.45, 2.75) is 6.42 Å². The molecule has 0 fully saturated rings. The molecule has 0 amide bonds. The quantitative estimate of drug-likeness (QED) is 0.530. The Balaban J connectivity index is 2.54. The van der Waals surface area contributed by atoms with Crippen molar-refractivity contribution in [2.24, 2.45) is 4.99 Å². The highest BCUT2D eigenvalue weighted by Crippen LogP contribution is 2.12. The van der Waals surface area contributed by atoms with Gasteiger partial charge in [-0.15, -0.1) is 0 Å². The average Bonchev–Trinajstić information content (AvgIpc) is 2.04. The van der Waals surface area contributed by atoms with Crippen molar-refractivity contribution in [1.29, 1.82) is 0 Å². The van der Waals surface area contributed by atoms with Gasteiger partial charge in [-0.1, -0.05) is 36.5 Å². The zero-order valence-corrected chi connectivity index (χ0v) is 6.77. The second-order valence-corrected chi connectivity index (χ2v) is 3.00. The maximum absolute atomic E-state index is 4.98. The number of benzene rings is 1. The van der Waals surface area contributed by atoms with Crippen molar-refractivity contribution in [1.82, 2.24) is 0 Å². The molecule has 1 aromatic rings. The van der Waals surface area contributed by atoms with Crippen LogP contribution in [0.4, 0.5) is 0 Å². The number of thiocarbonyl (C=S) groups is 1. The van der Waals surface area contributed by atoms with Gasteiger partial charge in [0.1, 0.15) is 4.99 Å². The molecule has 2 heteroatoms. The molecule has 0 saturated heterocycles. The molecule has 0 atom stereocenters. The fourth-order valence-corrected chi connectivity index (χ4v) is 1.38. The number of aliphatic imine (C=N–C) groups is 1. The van der Waals surface area contributed by atoms with Gasteiger partial charge < -0.3 is 0 Å². The van der Waals surface area contributed by atoms with E-state index in [-0.39, 0.29) is 0 Å². The Bertz CT molecular complexity index is 328. The van der Waals surface area contributed by atoms with E-state index in [1.807, 2.05) is 18.3 Å². The summed E-state index contributed by atoms with van der Waals surface area (Å²) in [6.07, 6.45) is 2.66. The second-order valence-electron chi connectivity index (χ2n) is 2.53. The van der Waals surface area contributed by atoms with Crippen molar-refractivity contribution in [3.05, 3.63) is 35.4 Å². The van der Waals surface area contributed by atoms with E-state index >= 15 is 0 Å². The van der Waals surface area contributed by atoms with Crippen molar-refractivity contribution in [2.75, 3.05) is 0 Å². The van der Waals surface area contributed by atoms with Crippen molar-refractivity contribution < 1.29 is 0 Å². The van der Waals surface area contributed by atoms with Crippen LogP contribution in [0.2, 0.25) is 0 Å². The fraction of sp³-hybridized carbons (Fsp3) is 0.111. The maximum Gasteiger partial charge on any atom is 0.107 e. The predicted molar refractivity (Wildman–Crippen MR) is 50.3 cm³/mol.